The summed E-state index contributed by atoms with van der Waals surface area (Å²) in [5, 5.41) is 0. The zero-order valence-electron chi connectivity index (χ0n) is 12.7. The van der Waals surface area contributed by atoms with Crippen LogP contribution in [0.1, 0.15) is 39.5 Å². The summed E-state index contributed by atoms with van der Waals surface area (Å²) in [6.45, 7) is 4.28. The molecule has 3 heteroatoms. The van der Waals surface area contributed by atoms with Gasteiger partial charge in [-0.15, -0.1) is 37.1 Å². The van der Waals surface area contributed by atoms with Crippen molar-refractivity contribution in [3.8, 4) is 0 Å². The first-order valence-electron chi connectivity index (χ1n) is 6.73. The first-order chi connectivity index (χ1) is 8.86. The summed E-state index contributed by atoms with van der Waals surface area (Å²) in [7, 11) is 0. The maximum absolute atomic E-state index is 3.11. The molecule has 0 saturated heterocycles. The molecule has 0 bridgehead atoms. The van der Waals surface area contributed by atoms with Gasteiger partial charge >= 0.3 is 26.2 Å². The van der Waals surface area contributed by atoms with E-state index in [2.05, 4.69) is 62.5 Å². The minimum absolute atomic E-state index is 0. The Balaban J connectivity index is -0.000000270. The van der Waals surface area contributed by atoms with Crippen LogP contribution in [0.15, 0.2) is 59.8 Å². The molecule has 0 aromatic heterocycles. The van der Waals surface area contributed by atoms with Crippen molar-refractivity contribution in [2.75, 3.05) is 0 Å². The van der Waals surface area contributed by atoms with Crippen molar-refractivity contribution in [1.82, 2.24) is 0 Å². The number of allylic oxidation sites excluding steroid dienone is 12. The number of hydrogen-bond donors (Lipinski definition) is 0. The van der Waals surface area contributed by atoms with Gasteiger partial charge in [0.05, 0.1) is 0 Å². The Kier molecular flexibility index (Phi) is 22.1. The van der Waals surface area contributed by atoms with Crippen molar-refractivity contribution in [2.24, 2.45) is 0 Å². The fourth-order valence-electron chi connectivity index (χ4n) is 1.57. The van der Waals surface area contributed by atoms with E-state index in [1.54, 1.807) is 0 Å². The standard InChI is InChI=1S/2C9H11.2ClH.Zr/c2*1-2-3-6-9-7-4-5-8-9;;;/h2*3,6-8H,2,4H2,1H3;2*1H;/q2*-1;;;+4/p-2. The van der Waals surface area contributed by atoms with E-state index in [4.69, 9.17) is 0 Å². The van der Waals surface area contributed by atoms with Gasteiger partial charge in [0.1, 0.15) is 0 Å². The van der Waals surface area contributed by atoms with Crippen molar-refractivity contribution in [1.29, 1.82) is 0 Å². The Labute approximate surface area is 161 Å². The third kappa shape index (κ3) is 13.3. The van der Waals surface area contributed by atoms with Gasteiger partial charge in [0, 0.05) is 0 Å². The molecule has 112 valence electrons. The summed E-state index contributed by atoms with van der Waals surface area (Å²) < 4.78 is 0. The molecule has 2 aliphatic carbocycles. The SMILES string of the molecule is CCC=CC1=CC[C-]=C1.CCC=CC1=CC[C-]=C1.[Cl-].[Cl-].[Zr+4]. The molecule has 0 radical (unpaired) electrons. The normalized spacial score (nSPS) is 14.8. The molecule has 0 amide bonds. The Morgan fingerprint density at radius 1 is 0.857 bits per heavy atom. The monoisotopic (exact) mass is 398 g/mol. The van der Waals surface area contributed by atoms with Crippen LogP contribution < -0.4 is 24.8 Å². The van der Waals surface area contributed by atoms with Gasteiger partial charge in [-0.3, -0.25) is 12.2 Å². The molecule has 0 aliphatic heterocycles. The maximum atomic E-state index is 3.11. The molecule has 0 atom stereocenters. The van der Waals surface area contributed by atoms with Crippen molar-refractivity contribution >= 4 is 0 Å². The Morgan fingerprint density at radius 2 is 1.24 bits per heavy atom. The summed E-state index contributed by atoms with van der Waals surface area (Å²) >= 11 is 0. The maximum Gasteiger partial charge on any atom is 4.00 e. The summed E-state index contributed by atoms with van der Waals surface area (Å²) in [5.41, 5.74) is 2.61. The van der Waals surface area contributed by atoms with Crippen molar-refractivity contribution in [3.05, 3.63) is 71.9 Å². The molecule has 0 nitrogen and oxygen atoms in total. The zero-order valence-corrected chi connectivity index (χ0v) is 16.7. The smallest absolute Gasteiger partial charge is 1.00 e. The van der Waals surface area contributed by atoms with Gasteiger partial charge < -0.3 is 24.8 Å². The molecule has 2 rings (SSSR count). The first-order valence-corrected chi connectivity index (χ1v) is 6.73. The van der Waals surface area contributed by atoms with Gasteiger partial charge in [-0.25, -0.2) is 12.2 Å². The molecule has 0 aromatic rings. The molecular weight excluding hydrogens is 378 g/mol. The molecule has 2 aliphatic rings. The van der Waals surface area contributed by atoms with Gasteiger partial charge in [0.25, 0.3) is 0 Å². The van der Waals surface area contributed by atoms with Crippen LogP contribution in [-0.2, 0) is 26.2 Å². The summed E-state index contributed by atoms with van der Waals surface area (Å²) in [4.78, 5) is 0. The van der Waals surface area contributed by atoms with Crippen molar-refractivity contribution in [2.45, 2.75) is 39.5 Å². The molecule has 0 aromatic carbocycles. The van der Waals surface area contributed by atoms with Crippen LogP contribution in [-0.4, -0.2) is 0 Å². The van der Waals surface area contributed by atoms with Gasteiger partial charge in [0.15, 0.2) is 0 Å². The Hall–Kier alpha value is -0.0969. The minimum Gasteiger partial charge on any atom is -1.00 e. The summed E-state index contributed by atoms with van der Waals surface area (Å²) in [5.74, 6) is 0. The largest absolute Gasteiger partial charge is 4.00 e. The van der Waals surface area contributed by atoms with E-state index in [0.717, 1.165) is 25.7 Å². The number of halogens is 2. The molecule has 21 heavy (non-hydrogen) atoms. The topological polar surface area (TPSA) is 0 Å². The van der Waals surface area contributed by atoms with E-state index in [-0.39, 0.29) is 51.0 Å². The second kappa shape index (κ2) is 18.0. The van der Waals surface area contributed by atoms with Crippen LogP contribution in [0.3, 0.4) is 0 Å². The number of hydrogen-bond acceptors (Lipinski definition) is 0. The average molecular weight is 401 g/mol. The van der Waals surface area contributed by atoms with E-state index < -0.39 is 0 Å². The molecule has 0 N–H and O–H groups in total. The molecule has 0 spiro atoms. The molecule has 0 saturated carbocycles. The number of rotatable bonds is 4. The Bertz CT molecular complexity index is 373. The quantitative estimate of drug-likeness (QED) is 0.547. The van der Waals surface area contributed by atoms with Gasteiger partial charge in [-0.05, 0) is 12.8 Å². The Morgan fingerprint density at radius 3 is 1.48 bits per heavy atom. The summed E-state index contributed by atoms with van der Waals surface area (Å²) in [6.07, 6.45) is 27.5. The second-order valence-electron chi connectivity index (χ2n) is 4.13. The first kappa shape index (κ1) is 25.8. The molecule has 0 unspecified atom stereocenters. The second-order valence-corrected chi connectivity index (χ2v) is 4.13. The van der Waals surface area contributed by atoms with Crippen LogP contribution in [0.2, 0.25) is 0 Å². The van der Waals surface area contributed by atoms with Gasteiger partial charge in [-0.1, -0.05) is 13.8 Å². The van der Waals surface area contributed by atoms with E-state index in [9.17, 15) is 0 Å². The van der Waals surface area contributed by atoms with Crippen molar-refractivity contribution < 1.29 is 51.0 Å². The fourth-order valence-corrected chi connectivity index (χ4v) is 1.57. The van der Waals surface area contributed by atoms with E-state index in [1.807, 2.05) is 12.2 Å². The van der Waals surface area contributed by atoms with Gasteiger partial charge in [0.2, 0.25) is 0 Å². The molecular formula is C18H22Cl2Zr. The molecule has 0 fully saturated rings. The molecule has 0 heterocycles. The third-order valence-electron chi connectivity index (χ3n) is 2.54. The minimum atomic E-state index is 0. The van der Waals surface area contributed by atoms with Crippen LogP contribution in [0.25, 0.3) is 0 Å². The van der Waals surface area contributed by atoms with Crippen molar-refractivity contribution in [3.63, 3.8) is 0 Å². The van der Waals surface area contributed by atoms with E-state index in [0.29, 0.717) is 0 Å². The predicted octanol–water partition coefficient (Wildman–Crippen LogP) is -0.710. The average Bonchev–Trinajstić information content (AvgIpc) is 3.07. The van der Waals surface area contributed by atoms with E-state index in [1.165, 1.54) is 11.1 Å². The fraction of sp³-hybridized carbons (Fsp3) is 0.333. The summed E-state index contributed by atoms with van der Waals surface area (Å²) in [6, 6.07) is 0. The van der Waals surface area contributed by atoms with E-state index >= 15 is 0 Å². The third-order valence-corrected chi connectivity index (χ3v) is 2.54. The zero-order chi connectivity index (χ0) is 13.1. The van der Waals surface area contributed by atoms with Crippen LogP contribution in [0, 0.1) is 12.2 Å². The van der Waals surface area contributed by atoms with Crippen LogP contribution in [0.4, 0.5) is 0 Å². The predicted molar refractivity (Wildman–Crippen MR) is 79.9 cm³/mol. The van der Waals surface area contributed by atoms with Crippen LogP contribution in [0.5, 0.6) is 0 Å². The van der Waals surface area contributed by atoms with Crippen LogP contribution >= 0.6 is 0 Å². The van der Waals surface area contributed by atoms with Gasteiger partial charge in [-0.2, -0.15) is 23.3 Å².